The molecule has 0 fully saturated rings. The van der Waals surface area contributed by atoms with E-state index < -0.39 is 0 Å². The Bertz CT molecular complexity index is 707. The molecule has 0 aliphatic carbocycles. The Balaban J connectivity index is 0.00000120. The maximum absolute atomic E-state index is 10.5. The fourth-order valence-corrected chi connectivity index (χ4v) is 2.09. The molecule has 0 aliphatic heterocycles. The summed E-state index contributed by atoms with van der Waals surface area (Å²) in [6.07, 6.45) is 0. The van der Waals surface area contributed by atoms with Crippen molar-refractivity contribution in [3.8, 4) is 5.75 Å². The normalized spacial score (nSPS) is 10.0. The molecule has 0 unspecified atom stereocenters. The second-order valence-electron chi connectivity index (χ2n) is 3.89. The SMILES string of the molecule is O=COc1cccc2cc3ccccc3cc12.[CaH2]. The fraction of sp³-hybridized carbons (Fsp3) is 0. The van der Waals surface area contributed by atoms with Crippen molar-refractivity contribution in [3.05, 3.63) is 54.6 Å². The number of carbonyl (C=O) groups excluding carboxylic acids is 1. The van der Waals surface area contributed by atoms with Crippen molar-refractivity contribution < 1.29 is 9.53 Å². The van der Waals surface area contributed by atoms with Crippen LogP contribution in [0, 0.1) is 0 Å². The molecule has 3 aromatic rings. The van der Waals surface area contributed by atoms with Gasteiger partial charge < -0.3 is 4.74 Å². The molecule has 0 atom stereocenters. The van der Waals surface area contributed by atoms with Crippen LogP contribution in [0.1, 0.15) is 0 Å². The molecule has 3 aromatic carbocycles. The Morgan fingerprint density at radius 3 is 2.22 bits per heavy atom. The van der Waals surface area contributed by atoms with E-state index in [0.717, 1.165) is 16.2 Å². The van der Waals surface area contributed by atoms with Gasteiger partial charge in [0, 0.05) is 5.39 Å². The van der Waals surface area contributed by atoms with Crippen molar-refractivity contribution in [3.63, 3.8) is 0 Å². The third-order valence-corrected chi connectivity index (χ3v) is 2.88. The Hall–Kier alpha value is -1.09. The number of fused-ring (bicyclic) bond motifs is 2. The van der Waals surface area contributed by atoms with E-state index in [0.29, 0.717) is 12.2 Å². The summed E-state index contributed by atoms with van der Waals surface area (Å²) < 4.78 is 4.99. The van der Waals surface area contributed by atoms with Gasteiger partial charge in [0.1, 0.15) is 5.75 Å². The number of hydrogen-bond acceptors (Lipinski definition) is 2. The molecule has 0 saturated carbocycles. The molecular formula is C15H12CaO2. The quantitative estimate of drug-likeness (QED) is 0.404. The Labute approximate surface area is 135 Å². The van der Waals surface area contributed by atoms with Crippen LogP contribution in [0.15, 0.2) is 54.6 Å². The molecule has 0 aliphatic rings. The zero-order chi connectivity index (χ0) is 11.7. The van der Waals surface area contributed by atoms with Crippen LogP contribution in [0.2, 0.25) is 0 Å². The average molecular weight is 264 g/mol. The maximum atomic E-state index is 10.5. The molecule has 3 rings (SSSR count). The standard InChI is InChI=1S/C15H10O2.Ca.2H/c16-10-17-15-7-3-6-13-8-11-4-1-2-5-12(11)9-14(13)15;;;/h1-10H;;;. The topological polar surface area (TPSA) is 26.3 Å². The predicted octanol–water partition coefficient (Wildman–Crippen LogP) is 2.61. The molecule has 0 heterocycles. The third kappa shape index (κ3) is 2.37. The first kappa shape index (κ1) is 13.3. The van der Waals surface area contributed by atoms with Crippen LogP contribution in [0.5, 0.6) is 5.75 Å². The second kappa shape index (κ2) is 5.70. The zero-order valence-corrected chi connectivity index (χ0v) is 9.09. The van der Waals surface area contributed by atoms with E-state index in [9.17, 15) is 4.79 Å². The Morgan fingerprint density at radius 1 is 0.833 bits per heavy atom. The van der Waals surface area contributed by atoms with Crippen LogP contribution in [-0.2, 0) is 4.79 Å². The molecule has 3 heteroatoms. The van der Waals surface area contributed by atoms with Crippen LogP contribution in [0.25, 0.3) is 21.5 Å². The van der Waals surface area contributed by atoms with E-state index in [4.69, 9.17) is 4.74 Å². The summed E-state index contributed by atoms with van der Waals surface area (Å²) in [4.78, 5) is 10.5. The average Bonchev–Trinajstić information content (AvgIpc) is 2.37. The fourth-order valence-electron chi connectivity index (χ4n) is 2.09. The van der Waals surface area contributed by atoms with Crippen molar-refractivity contribution in [2.24, 2.45) is 0 Å². The molecule has 2 nitrogen and oxygen atoms in total. The van der Waals surface area contributed by atoms with Crippen molar-refractivity contribution in [2.75, 3.05) is 0 Å². The van der Waals surface area contributed by atoms with E-state index in [2.05, 4.69) is 12.1 Å². The van der Waals surface area contributed by atoms with Gasteiger partial charge in [0.25, 0.3) is 6.47 Å². The van der Waals surface area contributed by atoms with Gasteiger partial charge in [-0.25, -0.2) is 0 Å². The zero-order valence-electron chi connectivity index (χ0n) is 9.09. The molecule has 0 N–H and O–H groups in total. The van der Waals surface area contributed by atoms with Gasteiger partial charge in [-0.1, -0.05) is 36.4 Å². The number of benzene rings is 3. The Kier molecular flexibility index (Phi) is 4.23. The summed E-state index contributed by atoms with van der Waals surface area (Å²) in [5.41, 5.74) is 0. The number of ether oxygens (including phenoxy) is 1. The number of rotatable bonds is 2. The van der Waals surface area contributed by atoms with E-state index >= 15 is 0 Å². The minimum absolute atomic E-state index is 0. The summed E-state index contributed by atoms with van der Waals surface area (Å²) in [5.74, 6) is 0.600. The summed E-state index contributed by atoms with van der Waals surface area (Å²) >= 11 is 0. The Morgan fingerprint density at radius 2 is 1.50 bits per heavy atom. The van der Waals surface area contributed by atoms with Gasteiger partial charge in [0.05, 0.1) is 0 Å². The van der Waals surface area contributed by atoms with Gasteiger partial charge in [-0.2, -0.15) is 0 Å². The molecule has 0 amide bonds. The predicted molar refractivity (Wildman–Crippen MR) is 76.7 cm³/mol. The summed E-state index contributed by atoms with van der Waals surface area (Å²) in [6, 6.07) is 18.0. The molecule has 0 aromatic heterocycles. The summed E-state index contributed by atoms with van der Waals surface area (Å²) in [7, 11) is 0. The number of carbonyl (C=O) groups is 1. The van der Waals surface area contributed by atoms with Crippen molar-refractivity contribution in [1.82, 2.24) is 0 Å². The van der Waals surface area contributed by atoms with Crippen LogP contribution in [-0.4, -0.2) is 44.2 Å². The molecule has 86 valence electrons. The van der Waals surface area contributed by atoms with Gasteiger partial charge in [0.2, 0.25) is 0 Å². The van der Waals surface area contributed by atoms with E-state index in [1.165, 1.54) is 5.39 Å². The summed E-state index contributed by atoms with van der Waals surface area (Å²) in [5, 5.41) is 4.35. The summed E-state index contributed by atoms with van der Waals surface area (Å²) in [6.45, 7) is 0.462. The van der Waals surface area contributed by atoms with Gasteiger partial charge in [-0.3, -0.25) is 4.79 Å². The first-order valence-corrected chi connectivity index (χ1v) is 5.40. The first-order chi connectivity index (χ1) is 8.38. The van der Waals surface area contributed by atoms with Crippen LogP contribution in [0.4, 0.5) is 0 Å². The molecule has 0 radical (unpaired) electrons. The minimum atomic E-state index is 0. The third-order valence-electron chi connectivity index (χ3n) is 2.88. The van der Waals surface area contributed by atoms with Gasteiger partial charge in [-0.15, -0.1) is 0 Å². The van der Waals surface area contributed by atoms with Crippen LogP contribution >= 0.6 is 0 Å². The van der Waals surface area contributed by atoms with Crippen molar-refractivity contribution in [1.29, 1.82) is 0 Å². The van der Waals surface area contributed by atoms with E-state index in [1.54, 1.807) is 6.07 Å². The monoisotopic (exact) mass is 264 g/mol. The van der Waals surface area contributed by atoms with Crippen molar-refractivity contribution >= 4 is 65.8 Å². The van der Waals surface area contributed by atoms with Gasteiger partial charge >= 0.3 is 37.7 Å². The first-order valence-electron chi connectivity index (χ1n) is 5.40. The molecular weight excluding hydrogens is 252 g/mol. The van der Waals surface area contributed by atoms with E-state index in [-0.39, 0.29) is 37.7 Å². The van der Waals surface area contributed by atoms with E-state index in [1.807, 2.05) is 36.4 Å². The second-order valence-corrected chi connectivity index (χ2v) is 3.89. The molecule has 0 saturated heterocycles. The molecule has 18 heavy (non-hydrogen) atoms. The van der Waals surface area contributed by atoms with Gasteiger partial charge in [-0.05, 0) is 34.4 Å². The molecule has 0 spiro atoms. The van der Waals surface area contributed by atoms with Crippen LogP contribution in [0.3, 0.4) is 0 Å². The van der Waals surface area contributed by atoms with Crippen LogP contribution < -0.4 is 4.74 Å². The molecule has 0 bridgehead atoms. The van der Waals surface area contributed by atoms with Crippen molar-refractivity contribution in [2.45, 2.75) is 0 Å². The van der Waals surface area contributed by atoms with Gasteiger partial charge in [0.15, 0.2) is 0 Å². The number of hydrogen-bond donors (Lipinski definition) is 0.